The Bertz CT molecular complexity index is 1940. The largest absolute Gasteiger partial charge is 0.483 e. The number of amides is 3. The van der Waals surface area contributed by atoms with E-state index in [1.165, 1.54) is 48.3 Å². The minimum absolute atomic E-state index is 0.00738. The van der Waals surface area contributed by atoms with E-state index in [1.54, 1.807) is 22.9 Å². The molecule has 5 heterocycles. The highest BCUT2D eigenvalue weighted by atomic mass is 35.5. The molecule has 0 aliphatic carbocycles. The fraction of sp³-hybridized carbons (Fsp3) is 0.344. The molecule has 2 aliphatic rings. The number of anilines is 2. The number of halogens is 4. The third kappa shape index (κ3) is 8.00. The summed E-state index contributed by atoms with van der Waals surface area (Å²) in [6, 6.07) is 6.85. The Hall–Kier alpha value is -5.53. The number of hydrogen-bond donors (Lipinski definition) is 5. The Morgan fingerprint density at radius 1 is 1.04 bits per heavy atom. The summed E-state index contributed by atoms with van der Waals surface area (Å²) in [5.41, 5.74) is -0.393. The topological polar surface area (TPSA) is 200 Å². The van der Waals surface area contributed by atoms with Crippen molar-refractivity contribution in [3.63, 3.8) is 0 Å². The van der Waals surface area contributed by atoms with Gasteiger partial charge in [-0.1, -0.05) is 11.6 Å². The van der Waals surface area contributed by atoms with Crippen molar-refractivity contribution >= 4 is 47.2 Å². The van der Waals surface area contributed by atoms with Crippen LogP contribution in [0.15, 0.2) is 48.9 Å². The number of rotatable bonds is 7. The number of aromatic nitrogens is 5. The van der Waals surface area contributed by atoms with E-state index < -0.39 is 29.9 Å². The molecule has 16 nitrogen and oxygen atoms in total. The van der Waals surface area contributed by atoms with E-state index >= 15 is 0 Å². The smallest absolute Gasteiger partial charge is 0.435 e. The Morgan fingerprint density at radius 2 is 1.71 bits per heavy atom. The number of carboxylic acid groups (broad SMARTS) is 1. The maximum absolute atomic E-state index is 14.1. The van der Waals surface area contributed by atoms with Gasteiger partial charge in [0.1, 0.15) is 6.04 Å². The molecule has 0 spiro atoms. The van der Waals surface area contributed by atoms with Crippen LogP contribution in [0.5, 0.6) is 0 Å². The minimum Gasteiger partial charge on any atom is -0.483 e. The highest BCUT2D eigenvalue weighted by Gasteiger charge is 2.39. The highest BCUT2D eigenvalue weighted by Crippen LogP contribution is 2.37. The second kappa shape index (κ2) is 15.8. The molecule has 2 atom stereocenters. The van der Waals surface area contributed by atoms with Crippen LogP contribution < -0.4 is 16.0 Å². The van der Waals surface area contributed by atoms with Crippen molar-refractivity contribution in [1.82, 2.24) is 39.4 Å². The summed E-state index contributed by atoms with van der Waals surface area (Å²) in [5, 5.41) is 29.2. The van der Waals surface area contributed by atoms with E-state index in [9.17, 15) is 32.7 Å². The van der Waals surface area contributed by atoms with Gasteiger partial charge in [-0.05, 0) is 43.3 Å². The third-order valence-electron chi connectivity index (χ3n) is 8.51. The molecule has 0 bridgehead atoms. The first-order valence-electron chi connectivity index (χ1n) is 15.8. The van der Waals surface area contributed by atoms with Gasteiger partial charge in [0, 0.05) is 52.2 Å². The Balaban J connectivity index is 0.00000168. The lowest BCUT2D eigenvalue weighted by Gasteiger charge is -2.36. The summed E-state index contributed by atoms with van der Waals surface area (Å²) in [7, 11) is 3.09. The number of benzene rings is 1. The first kappa shape index (κ1) is 37.7. The second-order valence-electron chi connectivity index (χ2n) is 11.7. The van der Waals surface area contributed by atoms with Crippen LogP contribution in [0.2, 0.25) is 5.02 Å². The number of alkyl halides is 3. The number of nitrogens with one attached hydrogen (secondary N) is 3. The van der Waals surface area contributed by atoms with Crippen molar-refractivity contribution < 1.29 is 42.6 Å². The molecule has 276 valence electrons. The fourth-order valence-electron chi connectivity index (χ4n) is 5.82. The van der Waals surface area contributed by atoms with Gasteiger partial charge in [0.05, 0.1) is 46.0 Å². The summed E-state index contributed by atoms with van der Waals surface area (Å²) < 4.78 is 44.4. The number of carbonyl (C=O) groups is 4. The van der Waals surface area contributed by atoms with Gasteiger partial charge in [-0.25, -0.2) is 14.6 Å². The summed E-state index contributed by atoms with van der Waals surface area (Å²) >= 11 is 6.45. The zero-order valence-corrected chi connectivity index (χ0v) is 28.5. The summed E-state index contributed by atoms with van der Waals surface area (Å²) in [6.07, 6.45) is -1.26. The molecule has 2 aliphatic heterocycles. The monoisotopic (exact) mass is 746 g/mol. The number of imidazole rings is 1. The zero-order valence-electron chi connectivity index (χ0n) is 27.8. The lowest BCUT2D eigenvalue weighted by molar-refractivity contribution is -0.141. The minimum atomic E-state index is -4.81. The first-order chi connectivity index (χ1) is 24.8. The van der Waals surface area contributed by atoms with E-state index in [-0.39, 0.29) is 70.5 Å². The van der Waals surface area contributed by atoms with Crippen LogP contribution in [0.25, 0.3) is 17.1 Å². The number of aliphatic hydroxyl groups excluding tert-OH is 1. The molecule has 0 unspecified atom stereocenters. The number of carbonyl (C=O) groups excluding carboxylic acids is 3. The number of pyridine rings is 1. The van der Waals surface area contributed by atoms with Crippen molar-refractivity contribution in [1.29, 1.82) is 0 Å². The molecule has 5 N–H and O–H groups in total. The van der Waals surface area contributed by atoms with E-state index in [0.29, 0.717) is 31.7 Å². The average molecular weight is 747 g/mol. The fourth-order valence-corrected chi connectivity index (χ4v) is 6.08. The Morgan fingerprint density at radius 3 is 2.29 bits per heavy atom. The van der Waals surface area contributed by atoms with Crippen LogP contribution in [0.1, 0.15) is 33.1 Å². The normalized spacial score (nSPS) is 17.3. The van der Waals surface area contributed by atoms with E-state index in [1.807, 2.05) is 0 Å². The Labute approximate surface area is 299 Å². The SMILES string of the molecule is CNc1ccc(-n2cc(-c3cnc(C(=O)Nc4ccc(C(=O)N5CCN(C(=O)[C@H]6NCC[C@@H]6O)CC5)c(Cl)c4)n3C)c(C(F)(F)F)n2)nc1.O=CO. The average Bonchev–Trinajstić information content (AvgIpc) is 3.86. The predicted octanol–water partition coefficient (Wildman–Crippen LogP) is 2.34. The van der Waals surface area contributed by atoms with Gasteiger partial charge in [0.2, 0.25) is 5.91 Å². The molecule has 6 rings (SSSR count). The predicted molar refractivity (Wildman–Crippen MR) is 181 cm³/mol. The molecule has 52 heavy (non-hydrogen) atoms. The van der Waals surface area contributed by atoms with E-state index in [0.717, 1.165) is 10.9 Å². The van der Waals surface area contributed by atoms with Crippen LogP contribution in [-0.4, -0.2) is 120 Å². The molecule has 3 aromatic heterocycles. The van der Waals surface area contributed by atoms with Crippen molar-refractivity contribution in [3.8, 4) is 17.1 Å². The van der Waals surface area contributed by atoms with Gasteiger partial charge >= 0.3 is 6.18 Å². The lowest BCUT2D eigenvalue weighted by atomic mass is 10.1. The van der Waals surface area contributed by atoms with Crippen LogP contribution in [0.3, 0.4) is 0 Å². The van der Waals surface area contributed by atoms with Crippen molar-refractivity contribution in [2.75, 3.05) is 50.4 Å². The highest BCUT2D eigenvalue weighted by molar-refractivity contribution is 6.34. The van der Waals surface area contributed by atoms with Gasteiger partial charge in [-0.15, -0.1) is 0 Å². The van der Waals surface area contributed by atoms with Crippen molar-refractivity contribution in [2.24, 2.45) is 7.05 Å². The molecule has 2 saturated heterocycles. The summed E-state index contributed by atoms with van der Waals surface area (Å²) in [4.78, 5) is 59.0. The molecular weight excluding hydrogens is 713 g/mol. The molecule has 20 heteroatoms. The van der Waals surface area contributed by atoms with E-state index in [2.05, 4.69) is 31.0 Å². The quantitative estimate of drug-likeness (QED) is 0.174. The zero-order chi connectivity index (χ0) is 37.7. The maximum Gasteiger partial charge on any atom is 0.435 e. The molecule has 3 amide bonds. The van der Waals surface area contributed by atoms with Gasteiger partial charge < -0.3 is 40.5 Å². The van der Waals surface area contributed by atoms with Gasteiger partial charge in [-0.3, -0.25) is 19.2 Å². The first-order valence-corrected chi connectivity index (χ1v) is 16.2. The molecule has 1 aromatic carbocycles. The standard InChI is InChI=1S/C31H32ClF3N10O4.CH2O2/c1-36-18-4-6-24(38-14-18)45-16-20(26(41-45)31(33,34)35)22-15-39-27(42(22)2)28(47)40-17-3-5-19(21(32)13-17)29(48)43-9-11-44(12-10-43)30(49)25-23(46)7-8-37-25;2-1-3/h3-6,13-16,23,25,36-37,46H,7-12H2,1-2H3,(H,40,47);1H,(H,2,3)/t23-,25-;/m0./s1. The van der Waals surface area contributed by atoms with Crippen LogP contribution in [0, 0.1) is 0 Å². The maximum atomic E-state index is 14.1. The number of piperazine rings is 1. The molecule has 4 aromatic rings. The summed E-state index contributed by atoms with van der Waals surface area (Å²) in [6.45, 7) is 1.47. The second-order valence-corrected chi connectivity index (χ2v) is 12.1. The van der Waals surface area contributed by atoms with Crippen molar-refractivity contribution in [3.05, 3.63) is 71.0 Å². The molecule has 0 saturated carbocycles. The van der Waals surface area contributed by atoms with Crippen LogP contribution in [0.4, 0.5) is 24.5 Å². The van der Waals surface area contributed by atoms with Gasteiger partial charge in [0.25, 0.3) is 18.3 Å². The number of hydrogen-bond acceptors (Lipinski definition) is 10. The number of aliphatic hydroxyl groups is 1. The third-order valence-corrected chi connectivity index (χ3v) is 8.83. The van der Waals surface area contributed by atoms with E-state index in [4.69, 9.17) is 21.5 Å². The lowest BCUT2D eigenvalue weighted by Crippen LogP contribution is -2.55. The summed E-state index contributed by atoms with van der Waals surface area (Å²) in [5.74, 6) is -1.30. The molecule has 0 radical (unpaired) electrons. The van der Waals surface area contributed by atoms with Crippen LogP contribution >= 0.6 is 11.6 Å². The van der Waals surface area contributed by atoms with Gasteiger partial charge in [0.15, 0.2) is 17.3 Å². The van der Waals surface area contributed by atoms with Crippen LogP contribution in [-0.2, 0) is 22.8 Å². The van der Waals surface area contributed by atoms with Gasteiger partial charge in [-0.2, -0.15) is 18.3 Å². The Kier molecular flexibility index (Phi) is 11.5. The van der Waals surface area contributed by atoms with Crippen molar-refractivity contribution in [2.45, 2.75) is 24.7 Å². The molecule has 2 fully saturated rings. The number of nitrogens with zero attached hydrogens (tertiary/aromatic N) is 7. The molecular formula is C32H34ClF3N10O6.